The highest BCUT2D eigenvalue weighted by Crippen LogP contribution is 2.86. The minimum absolute atomic E-state index is 0.264. The van der Waals surface area contributed by atoms with Crippen molar-refractivity contribution in [3.05, 3.63) is 0 Å². The molecule has 0 aromatic heterocycles. The Balaban J connectivity index is 1.87. The second kappa shape index (κ2) is 1.69. The van der Waals surface area contributed by atoms with Crippen molar-refractivity contribution >= 4 is 29.0 Å². The number of hydrogen-bond donors (Lipinski definition) is 0. The van der Waals surface area contributed by atoms with Crippen molar-refractivity contribution in [2.45, 2.75) is 10.8 Å². The van der Waals surface area contributed by atoms with Gasteiger partial charge in [-0.3, -0.25) is 4.79 Å². The number of carbonyl (C=O) groups is 1. The third-order valence-corrected chi connectivity index (χ3v) is 7.06. The number of carbonyl (C=O) groups excluding carboxylic acids is 1. The maximum Gasteiger partial charge on any atom is 0.140 e. The van der Waals surface area contributed by atoms with Crippen LogP contribution in [-0.4, -0.2) is 10.1 Å². The van der Waals surface area contributed by atoms with E-state index >= 15 is 0 Å². The number of ketones is 1. The Morgan fingerprint density at radius 3 is 2.64 bits per heavy atom. The summed E-state index contributed by atoms with van der Waals surface area (Å²) >= 11 is 13.0. The van der Waals surface area contributed by atoms with E-state index in [0.717, 1.165) is 5.92 Å². The standard InChI is InChI=1S/C11H10Cl2O/c12-11(13)8-3-1-2-4-5(3)9(11)7(4)10(14)6(2)8/h2-9H,1H2/t2-,3+,4+,5+,6+,7-,8+,9-/m0/s1. The zero-order valence-corrected chi connectivity index (χ0v) is 9.00. The number of fused-ring (bicyclic) bond motifs is 2. The average molecular weight is 229 g/mol. The predicted molar refractivity (Wildman–Crippen MR) is 52.0 cm³/mol. The normalized spacial score (nSPS) is 73.4. The molecule has 0 aliphatic heterocycles. The van der Waals surface area contributed by atoms with Crippen LogP contribution in [-0.2, 0) is 4.79 Å². The summed E-state index contributed by atoms with van der Waals surface area (Å²) in [5, 5.41) is 0. The third-order valence-electron chi connectivity index (χ3n) is 6.05. The number of hydrogen-bond acceptors (Lipinski definition) is 1. The Bertz CT molecular complexity index is 391. The molecule has 0 unspecified atom stereocenters. The molecule has 0 N–H and O–H groups in total. The van der Waals surface area contributed by atoms with Crippen LogP contribution in [0.4, 0.5) is 0 Å². The SMILES string of the molecule is O=C1[C@@H]2[C@H]3C[C@@H]4[C@@H]5[C@@H]3[C@H]1[C@H]5C(Cl)(Cl)[C@H]42. The Morgan fingerprint density at radius 1 is 1.07 bits per heavy atom. The Morgan fingerprint density at radius 2 is 1.86 bits per heavy atom. The van der Waals surface area contributed by atoms with Gasteiger partial charge < -0.3 is 0 Å². The van der Waals surface area contributed by atoms with Gasteiger partial charge in [-0.05, 0) is 30.1 Å². The molecule has 14 heavy (non-hydrogen) atoms. The first kappa shape index (κ1) is 7.51. The number of Topliss-reactive ketones (excluding diaryl/α,β-unsaturated/α-hetero) is 1. The second-order valence-electron chi connectivity index (χ2n) is 5.90. The Kier molecular flexibility index (Phi) is 0.909. The van der Waals surface area contributed by atoms with Crippen LogP contribution in [0.25, 0.3) is 0 Å². The van der Waals surface area contributed by atoms with Crippen molar-refractivity contribution in [2.24, 2.45) is 47.3 Å². The topological polar surface area (TPSA) is 17.1 Å². The van der Waals surface area contributed by atoms with Gasteiger partial charge in [0.15, 0.2) is 0 Å². The fourth-order valence-corrected chi connectivity index (χ4v) is 7.23. The van der Waals surface area contributed by atoms with Gasteiger partial charge in [-0.25, -0.2) is 0 Å². The van der Waals surface area contributed by atoms with Gasteiger partial charge in [0.1, 0.15) is 10.1 Å². The van der Waals surface area contributed by atoms with E-state index in [1.807, 2.05) is 0 Å². The van der Waals surface area contributed by atoms with E-state index in [1.165, 1.54) is 6.42 Å². The fraction of sp³-hybridized carbons (Fsp3) is 0.909. The van der Waals surface area contributed by atoms with Gasteiger partial charge >= 0.3 is 0 Å². The maximum absolute atomic E-state index is 12.1. The molecule has 0 amide bonds. The molecule has 0 heterocycles. The first-order chi connectivity index (χ1) is 6.64. The molecule has 0 aromatic rings. The number of halogens is 2. The van der Waals surface area contributed by atoms with E-state index in [4.69, 9.17) is 23.2 Å². The van der Waals surface area contributed by atoms with Crippen molar-refractivity contribution < 1.29 is 4.79 Å². The molecule has 5 saturated carbocycles. The molecule has 5 aliphatic rings. The largest absolute Gasteiger partial charge is 0.299 e. The van der Waals surface area contributed by atoms with Gasteiger partial charge in [0.2, 0.25) is 0 Å². The molecule has 2 bridgehead atoms. The Hall–Kier alpha value is 0.250. The van der Waals surface area contributed by atoms with Crippen LogP contribution in [0.1, 0.15) is 6.42 Å². The van der Waals surface area contributed by atoms with Gasteiger partial charge in [-0.2, -0.15) is 0 Å². The molecule has 3 heteroatoms. The lowest BCUT2D eigenvalue weighted by atomic mass is 9.59. The monoisotopic (exact) mass is 228 g/mol. The lowest BCUT2D eigenvalue weighted by Crippen LogP contribution is -2.52. The fourth-order valence-electron chi connectivity index (χ4n) is 6.07. The van der Waals surface area contributed by atoms with Gasteiger partial charge in [0.25, 0.3) is 0 Å². The predicted octanol–water partition coefficient (Wildman–Crippen LogP) is 2.12. The summed E-state index contributed by atoms with van der Waals surface area (Å²) in [6.45, 7) is 0. The van der Waals surface area contributed by atoms with E-state index in [1.54, 1.807) is 0 Å². The molecule has 8 atom stereocenters. The van der Waals surface area contributed by atoms with Crippen molar-refractivity contribution in [2.75, 3.05) is 0 Å². The molecule has 74 valence electrons. The van der Waals surface area contributed by atoms with Gasteiger partial charge in [0, 0.05) is 23.7 Å². The molecule has 0 saturated heterocycles. The zero-order chi connectivity index (χ0) is 9.40. The van der Waals surface area contributed by atoms with Crippen molar-refractivity contribution in [3.8, 4) is 0 Å². The highest BCUT2D eigenvalue weighted by atomic mass is 35.5. The quantitative estimate of drug-likeness (QED) is 0.581. The summed E-state index contributed by atoms with van der Waals surface area (Å²) in [6.07, 6.45) is 1.25. The summed E-state index contributed by atoms with van der Waals surface area (Å²) in [6, 6.07) is 0. The molecular formula is C11H10Cl2O. The minimum atomic E-state index is -0.541. The van der Waals surface area contributed by atoms with Crippen LogP contribution in [0.3, 0.4) is 0 Å². The van der Waals surface area contributed by atoms with Crippen LogP contribution in [0, 0.1) is 47.3 Å². The molecule has 5 fully saturated rings. The van der Waals surface area contributed by atoms with E-state index < -0.39 is 4.33 Å². The van der Waals surface area contributed by atoms with Crippen molar-refractivity contribution in [3.63, 3.8) is 0 Å². The zero-order valence-electron chi connectivity index (χ0n) is 7.49. The molecule has 5 rings (SSSR count). The highest BCUT2D eigenvalue weighted by molar-refractivity contribution is 6.49. The van der Waals surface area contributed by atoms with Crippen molar-refractivity contribution in [1.82, 2.24) is 0 Å². The smallest absolute Gasteiger partial charge is 0.140 e. The van der Waals surface area contributed by atoms with E-state index in [2.05, 4.69) is 0 Å². The summed E-state index contributed by atoms with van der Waals surface area (Å²) in [5.41, 5.74) is 0. The van der Waals surface area contributed by atoms with Crippen molar-refractivity contribution in [1.29, 1.82) is 0 Å². The van der Waals surface area contributed by atoms with E-state index in [0.29, 0.717) is 35.4 Å². The van der Waals surface area contributed by atoms with Gasteiger partial charge in [0.05, 0.1) is 0 Å². The molecular weight excluding hydrogens is 219 g/mol. The molecule has 0 aromatic carbocycles. The summed E-state index contributed by atoms with van der Waals surface area (Å²) < 4.78 is -0.541. The summed E-state index contributed by atoms with van der Waals surface area (Å²) in [5.74, 6) is 4.55. The molecule has 0 spiro atoms. The highest BCUT2D eigenvalue weighted by Gasteiger charge is 2.87. The lowest BCUT2D eigenvalue weighted by molar-refractivity contribution is -0.133. The molecule has 0 radical (unpaired) electrons. The average Bonchev–Trinajstić information content (AvgIpc) is 2.52. The lowest BCUT2D eigenvalue weighted by Gasteiger charge is -2.47. The maximum atomic E-state index is 12.1. The van der Waals surface area contributed by atoms with Crippen LogP contribution in [0.2, 0.25) is 0 Å². The number of alkyl halides is 2. The van der Waals surface area contributed by atoms with Gasteiger partial charge in [-0.15, -0.1) is 23.2 Å². The number of rotatable bonds is 0. The van der Waals surface area contributed by atoms with Crippen LogP contribution in [0.5, 0.6) is 0 Å². The van der Waals surface area contributed by atoms with E-state index in [9.17, 15) is 4.79 Å². The molecule has 1 nitrogen and oxygen atoms in total. The summed E-state index contributed by atoms with van der Waals surface area (Å²) in [4.78, 5) is 12.1. The van der Waals surface area contributed by atoms with Gasteiger partial charge in [-0.1, -0.05) is 0 Å². The molecule has 5 aliphatic carbocycles. The van der Waals surface area contributed by atoms with Crippen LogP contribution in [0.15, 0.2) is 0 Å². The first-order valence-electron chi connectivity index (χ1n) is 5.55. The van der Waals surface area contributed by atoms with Crippen LogP contribution < -0.4 is 0 Å². The minimum Gasteiger partial charge on any atom is -0.299 e. The summed E-state index contributed by atoms with van der Waals surface area (Å²) in [7, 11) is 0. The third kappa shape index (κ3) is 0.427. The Labute approximate surface area is 92.1 Å². The second-order valence-corrected chi connectivity index (χ2v) is 7.34. The van der Waals surface area contributed by atoms with E-state index in [-0.39, 0.29) is 11.8 Å². The first-order valence-corrected chi connectivity index (χ1v) is 6.31. The van der Waals surface area contributed by atoms with Crippen LogP contribution >= 0.6 is 23.2 Å².